The maximum Gasteiger partial charge on any atom is 0.222 e. The van der Waals surface area contributed by atoms with E-state index in [1.807, 2.05) is 4.90 Å². The minimum Gasteiger partial charge on any atom is -0.342 e. The lowest BCUT2D eigenvalue weighted by Gasteiger charge is -2.27. The van der Waals surface area contributed by atoms with E-state index < -0.39 is 0 Å². The van der Waals surface area contributed by atoms with Gasteiger partial charge in [-0.05, 0) is 36.1 Å². The zero-order valence-electron chi connectivity index (χ0n) is 12.8. The van der Waals surface area contributed by atoms with Crippen LogP contribution >= 0.6 is 0 Å². The van der Waals surface area contributed by atoms with Crippen LogP contribution in [0.5, 0.6) is 0 Å². The van der Waals surface area contributed by atoms with E-state index in [1.54, 1.807) is 0 Å². The molecule has 1 saturated heterocycles. The van der Waals surface area contributed by atoms with Gasteiger partial charge in [-0.15, -0.1) is 0 Å². The molecular weight excluding hydrogens is 224 g/mol. The van der Waals surface area contributed by atoms with Gasteiger partial charge in [0.05, 0.1) is 0 Å². The molecule has 106 valence electrons. The molecule has 1 atom stereocenters. The van der Waals surface area contributed by atoms with Crippen molar-refractivity contribution in [3.8, 4) is 0 Å². The summed E-state index contributed by atoms with van der Waals surface area (Å²) in [5.41, 5.74) is 6.16. The Bertz CT molecular complexity index is 291. The van der Waals surface area contributed by atoms with Crippen molar-refractivity contribution in [2.45, 2.75) is 53.9 Å². The van der Waals surface area contributed by atoms with E-state index >= 15 is 0 Å². The Labute approximate surface area is 112 Å². The summed E-state index contributed by atoms with van der Waals surface area (Å²) >= 11 is 0. The number of hydrogen-bond acceptors (Lipinski definition) is 2. The third-order valence-electron chi connectivity index (χ3n) is 4.27. The van der Waals surface area contributed by atoms with Crippen LogP contribution in [0.25, 0.3) is 0 Å². The van der Waals surface area contributed by atoms with Crippen LogP contribution in [0.2, 0.25) is 0 Å². The first-order valence-electron chi connectivity index (χ1n) is 7.13. The molecule has 1 aliphatic rings. The summed E-state index contributed by atoms with van der Waals surface area (Å²) in [7, 11) is 0. The summed E-state index contributed by atoms with van der Waals surface area (Å²) in [5, 5.41) is 0. The van der Waals surface area contributed by atoms with Gasteiger partial charge in [0.1, 0.15) is 0 Å². The average Bonchev–Trinajstić information content (AvgIpc) is 2.60. The molecule has 0 aromatic rings. The number of nitrogens with two attached hydrogens (primary N) is 1. The van der Waals surface area contributed by atoms with Crippen LogP contribution in [0.1, 0.15) is 53.9 Å². The van der Waals surface area contributed by atoms with E-state index in [0.717, 1.165) is 32.4 Å². The fraction of sp³-hybridized carbons (Fsp3) is 0.933. The minimum absolute atomic E-state index is 0.201. The third-order valence-corrected chi connectivity index (χ3v) is 4.27. The molecule has 3 heteroatoms. The number of rotatable bonds is 5. The van der Waals surface area contributed by atoms with Gasteiger partial charge in [0.25, 0.3) is 0 Å². The van der Waals surface area contributed by atoms with Gasteiger partial charge in [0, 0.05) is 19.5 Å². The second kappa shape index (κ2) is 5.60. The van der Waals surface area contributed by atoms with Crippen LogP contribution < -0.4 is 5.73 Å². The molecule has 0 aromatic carbocycles. The number of carbonyl (C=O) groups is 1. The van der Waals surface area contributed by atoms with E-state index in [2.05, 4.69) is 34.6 Å². The Kier molecular flexibility index (Phi) is 4.82. The molecule has 0 spiro atoms. The molecule has 0 aromatic heterocycles. The highest BCUT2D eigenvalue weighted by atomic mass is 16.2. The molecular formula is C15H30N2O. The summed E-state index contributed by atoms with van der Waals surface area (Å²) in [4.78, 5) is 14.0. The number of hydrogen-bond donors (Lipinski definition) is 1. The van der Waals surface area contributed by atoms with E-state index in [1.165, 1.54) is 0 Å². The van der Waals surface area contributed by atoms with Crippen LogP contribution in [0, 0.1) is 16.7 Å². The molecule has 0 bridgehead atoms. The Morgan fingerprint density at radius 1 is 1.28 bits per heavy atom. The second-order valence-electron chi connectivity index (χ2n) is 7.58. The van der Waals surface area contributed by atoms with Gasteiger partial charge < -0.3 is 10.6 Å². The Balaban J connectivity index is 2.39. The van der Waals surface area contributed by atoms with E-state index in [-0.39, 0.29) is 10.8 Å². The average molecular weight is 254 g/mol. The van der Waals surface area contributed by atoms with Crippen molar-refractivity contribution in [3.05, 3.63) is 0 Å². The molecule has 1 fully saturated rings. The van der Waals surface area contributed by atoms with Gasteiger partial charge >= 0.3 is 0 Å². The fourth-order valence-corrected chi connectivity index (χ4v) is 2.42. The van der Waals surface area contributed by atoms with Crippen LogP contribution in [0.3, 0.4) is 0 Å². The fourth-order valence-electron chi connectivity index (χ4n) is 2.42. The van der Waals surface area contributed by atoms with Gasteiger partial charge in [-0.25, -0.2) is 0 Å². The van der Waals surface area contributed by atoms with Gasteiger partial charge in [-0.3, -0.25) is 4.79 Å². The molecule has 1 heterocycles. The molecule has 0 aliphatic carbocycles. The first-order valence-corrected chi connectivity index (χ1v) is 7.13. The Hall–Kier alpha value is -0.570. The summed E-state index contributed by atoms with van der Waals surface area (Å²) in [6.07, 6.45) is 2.88. The number of nitrogens with zero attached hydrogens (tertiary/aromatic N) is 1. The summed E-state index contributed by atoms with van der Waals surface area (Å²) in [5.74, 6) is 0.841. The molecule has 3 nitrogen and oxygen atoms in total. The summed E-state index contributed by atoms with van der Waals surface area (Å²) in [6, 6.07) is 0. The van der Waals surface area contributed by atoms with Gasteiger partial charge in [-0.1, -0.05) is 34.6 Å². The lowest BCUT2D eigenvalue weighted by Crippen LogP contribution is -2.30. The van der Waals surface area contributed by atoms with Crippen molar-refractivity contribution in [1.29, 1.82) is 0 Å². The topological polar surface area (TPSA) is 46.3 Å². The first kappa shape index (κ1) is 15.5. The minimum atomic E-state index is 0.201. The third kappa shape index (κ3) is 4.27. The lowest BCUT2D eigenvalue weighted by atomic mass is 9.80. The predicted octanol–water partition coefficient (Wildman–Crippen LogP) is 2.65. The lowest BCUT2D eigenvalue weighted by molar-refractivity contribution is -0.127. The molecule has 0 saturated carbocycles. The number of likely N-dealkylation sites (tertiary alicyclic amines) is 1. The highest BCUT2D eigenvalue weighted by Crippen LogP contribution is 2.34. The summed E-state index contributed by atoms with van der Waals surface area (Å²) in [6.45, 7) is 13.6. The van der Waals surface area contributed by atoms with Crippen molar-refractivity contribution in [2.24, 2.45) is 22.5 Å². The maximum absolute atomic E-state index is 12.0. The maximum atomic E-state index is 12.0. The molecule has 2 N–H and O–H groups in total. The number of carbonyl (C=O) groups excluding carboxylic acids is 1. The Morgan fingerprint density at radius 2 is 1.89 bits per heavy atom. The van der Waals surface area contributed by atoms with Crippen LogP contribution in [0.15, 0.2) is 0 Å². The van der Waals surface area contributed by atoms with Crippen molar-refractivity contribution in [2.75, 3.05) is 19.6 Å². The molecule has 1 rings (SSSR count). The SMILES string of the molecule is CC(C)(CN)CCCN1CC(C(C)(C)C)CC1=O. The standard InChI is InChI=1S/C15H30N2O/c1-14(2,3)12-9-13(18)17(10-12)8-6-7-15(4,5)11-16/h12H,6-11,16H2,1-5H3. The highest BCUT2D eigenvalue weighted by Gasteiger charge is 2.36. The van der Waals surface area contributed by atoms with Crippen LogP contribution in [-0.2, 0) is 4.79 Å². The number of amides is 1. The highest BCUT2D eigenvalue weighted by molar-refractivity contribution is 5.78. The zero-order chi connectivity index (χ0) is 14.0. The van der Waals surface area contributed by atoms with Gasteiger partial charge in [0.15, 0.2) is 0 Å². The van der Waals surface area contributed by atoms with E-state index in [9.17, 15) is 4.79 Å². The molecule has 1 amide bonds. The molecule has 1 unspecified atom stereocenters. The van der Waals surface area contributed by atoms with Crippen LogP contribution in [0.4, 0.5) is 0 Å². The summed E-state index contributed by atoms with van der Waals surface area (Å²) < 4.78 is 0. The van der Waals surface area contributed by atoms with Crippen molar-refractivity contribution in [3.63, 3.8) is 0 Å². The van der Waals surface area contributed by atoms with Crippen molar-refractivity contribution in [1.82, 2.24) is 4.90 Å². The second-order valence-corrected chi connectivity index (χ2v) is 7.58. The quantitative estimate of drug-likeness (QED) is 0.820. The van der Waals surface area contributed by atoms with Gasteiger partial charge in [-0.2, -0.15) is 0 Å². The normalized spacial score (nSPS) is 21.8. The Morgan fingerprint density at radius 3 is 2.33 bits per heavy atom. The monoisotopic (exact) mass is 254 g/mol. The van der Waals surface area contributed by atoms with E-state index in [0.29, 0.717) is 18.4 Å². The molecule has 1 aliphatic heterocycles. The molecule has 18 heavy (non-hydrogen) atoms. The molecule has 0 radical (unpaired) electrons. The largest absolute Gasteiger partial charge is 0.342 e. The van der Waals surface area contributed by atoms with Crippen LogP contribution in [-0.4, -0.2) is 30.4 Å². The first-order chi connectivity index (χ1) is 8.15. The predicted molar refractivity (Wildman–Crippen MR) is 76.2 cm³/mol. The van der Waals surface area contributed by atoms with Gasteiger partial charge in [0.2, 0.25) is 5.91 Å². The van der Waals surface area contributed by atoms with E-state index in [4.69, 9.17) is 5.73 Å². The smallest absolute Gasteiger partial charge is 0.222 e. The van der Waals surface area contributed by atoms with Crippen molar-refractivity contribution < 1.29 is 4.79 Å². The zero-order valence-corrected chi connectivity index (χ0v) is 12.8. The van der Waals surface area contributed by atoms with Crippen molar-refractivity contribution >= 4 is 5.91 Å².